The van der Waals surface area contributed by atoms with E-state index in [1.807, 2.05) is 13.2 Å². The molecule has 1 fully saturated rings. The van der Waals surface area contributed by atoms with Crippen LogP contribution in [0.2, 0.25) is 0 Å². The Labute approximate surface area is 189 Å². The van der Waals surface area contributed by atoms with Gasteiger partial charge in [0.1, 0.15) is 0 Å². The number of ether oxygens (including phenoxy) is 1. The summed E-state index contributed by atoms with van der Waals surface area (Å²) in [5, 5.41) is 8.16. The topological polar surface area (TPSA) is 58.5 Å². The molecule has 1 aliphatic rings. The summed E-state index contributed by atoms with van der Waals surface area (Å²) in [7, 11) is 1.83. The molecule has 0 atom stereocenters. The predicted octanol–water partition coefficient (Wildman–Crippen LogP) is 3.78. The zero-order valence-electron chi connectivity index (χ0n) is 16.7. The number of aliphatic imine (C=N–C) groups is 1. The fourth-order valence-corrected chi connectivity index (χ4v) is 4.37. The SMILES string of the molecule is CCc1cnc(CCNC(=NC)NCC2(c3ccccc3)CCOCC2)s1.I. The maximum absolute atomic E-state index is 5.63. The van der Waals surface area contributed by atoms with Crippen molar-refractivity contribution in [3.05, 3.63) is 52.0 Å². The third-order valence-electron chi connectivity index (χ3n) is 5.24. The Balaban J connectivity index is 0.00000280. The Morgan fingerprint density at radius 1 is 1.21 bits per heavy atom. The number of guanidine groups is 1. The number of benzene rings is 1. The van der Waals surface area contributed by atoms with E-state index >= 15 is 0 Å². The maximum Gasteiger partial charge on any atom is 0.191 e. The molecule has 0 unspecified atom stereocenters. The minimum absolute atomic E-state index is 0. The largest absolute Gasteiger partial charge is 0.381 e. The van der Waals surface area contributed by atoms with Gasteiger partial charge < -0.3 is 15.4 Å². The Hall–Kier alpha value is -1.19. The summed E-state index contributed by atoms with van der Waals surface area (Å²) in [6.45, 7) is 5.48. The van der Waals surface area contributed by atoms with Crippen molar-refractivity contribution >= 4 is 41.3 Å². The van der Waals surface area contributed by atoms with Crippen LogP contribution in [-0.4, -0.2) is 44.3 Å². The Morgan fingerprint density at radius 2 is 1.96 bits per heavy atom. The van der Waals surface area contributed by atoms with Crippen LogP contribution in [0, 0.1) is 0 Å². The number of hydrogen-bond donors (Lipinski definition) is 2. The van der Waals surface area contributed by atoms with E-state index in [1.165, 1.54) is 15.4 Å². The Bertz CT molecular complexity index is 729. The summed E-state index contributed by atoms with van der Waals surface area (Å²) < 4.78 is 5.63. The first-order valence-corrected chi connectivity index (χ1v) is 10.6. The number of hydrogen-bond acceptors (Lipinski definition) is 4. The van der Waals surface area contributed by atoms with Gasteiger partial charge in [-0.15, -0.1) is 35.3 Å². The summed E-state index contributed by atoms with van der Waals surface area (Å²) in [5.74, 6) is 0.851. The van der Waals surface area contributed by atoms with Crippen LogP contribution in [-0.2, 0) is 23.0 Å². The number of halogens is 1. The van der Waals surface area contributed by atoms with Crippen molar-refractivity contribution in [1.82, 2.24) is 15.6 Å². The van der Waals surface area contributed by atoms with E-state index in [0.717, 1.165) is 57.9 Å². The molecular formula is C21H31IN4OS. The van der Waals surface area contributed by atoms with Gasteiger partial charge in [0.05, 0.1) is 5.01 Å². The number of nitrogens with one attached hydrogen (secondary N) is 2. The summed E-state index contributed by atoms with van der Waals surface area (Å²) in [6, 6.07) is 10.8. The van der Waals surface area contributed by atoms with E-state index in [-0.39, 0.29) is 29.4 Å². The fraction of sp³-hybridized carbons (Fsp3) is 0.524. The molecule has 0 radical (unpaired) electrons. The second-order valence-electron chi connectivity index (χ2n) is 6.94. The molecular weight excluding hydrogens is 483 g/mol. The Kier molecular flexibility index (Phi) is 9.67. The summed E-state index contributed by atoms with van der Waals surface area (Å²) in [4.78, 5) is 10.2. The average Bonchev–Trinajstić information content (AvgIpc) is 3.20. The quantitative estimate of drug-likeness (QED) is 0.336. The standard InChI is InChI=1S/C21H30N4OS.HI/c1-3-18-15-24-19(27-18)9-12-23-20(22-2)25-16-21(10-13-26-14-11-21)17-7-5-4-6-8-17;/h4-8,15H,3,9-14,16H2,1-2H3,(H2,22,23,25);1H. The van der Waals surface area contributed by atoms with Crippen molar-refractivity contribution in [2.75, 3.05) is 33.4 Å². The molecule has 5 nitrogen and oxygen atoms in total. The first kappa shape index (κ1) is 23.1. The second kappa shape index (κ2) is 11.7. The van der Waals surface area contributed by atoms with Crippen molar-refractivity contribution in [1.29, 1.82) is 0 Å². The lowest BCUT2D eigenvalue weighted by Gasteiger charge is -2.38. The Morgan fingerprint density at radius 3 is 2.61 bits per heavy atom. The molecule has 3 rings (SSSR count). The molecule has 154 valence electrons. The van der Waals surface area contributed by atoms with Crippen LogP contribution >= 0.6 is 35.3 Å². The van der Waals surface area contributed by atoms with Crippen LogP contribution in [0.4, 0.5) is 0 Å². The molecule has 0 bridgehead atoms. The first-order valence-electron chi connectivity index (χ1n) is 9.77. The van der Waals surface area contributed by atoms with Crippen molar-refractivity contribution < 1.29 is 4.74 Å². The van der Waals surface area contributed by atoms with E-state index < -0.39 is 0 Å². The monoisotopic (exact) mass is 514 g/mol. The third-order valence-corrected chi connectivity index (χ3v) is 6.44. The lowest BCUT2D eigenvalue weighted by molar-refractivity contribution is 0.0514. The van der Waals surface area contributed by atoms with Gasteiger partial charge in [-0.1, -0.05) is 37.3 Å². The summed E-state index contributed by atoms with van der Waals surface area (Å²) in [6.07, 6.45) is 6.02. The molecule has 0 aliphatic carbocycles. The molecule has 0 amide bonds. The molecule has 2 N–H and O–H groups in total. The van der Waals surface area contributed by atoms with E-state index in [1.54, 1.807) is 11.3 Å². The van der Waals surface area contributed by atoms with Crippen molar-refractivity contribution in [2.45, 2.75) is 38.0 Å². The number of rotatable bonds is 7. The third kappa shape index (κ3) is 6.15. The van der Waals surface area contributed by atoms with E-state index in [4.69, 9.17) is 4.74 Å². The van der Waals surface area contributed by atoms with Gasteiger partial charge in [0.25, 0.3) is 0 Å². The highest BCUT2D eigenvalue weighted by Crippen LogP contribution is 2.34. The van der Waals surface area contributed by atoms with E-state index in [9.17, 15) is 0 Å². The van der Waals surface area contributed by atoms with Crippen LogP contribution in [0.3, 0.4) is 0 Å². The highest BCUT2D eigenvalue weighted by Gasteiger charge is 2.34. The molecule has 1 aromatic heterocycles. The lowest BCUT2D eigenvalue weighted by atomic mass is 9.74. The summed E-state index contributed by atoms with van der Waals surface area (Å²) in [5.41, 5.74) is 1.48. The molecule has 28 heavy (non-hydrogen) atoms. The van der Waals surface area contributed by atoms with Crippen LogP contribution < -0.4 is 10.6 Å². The fourth-order valence-electron chi connectivity index (χ4n) is 3.51. The summed E-state index contributed by atoms with van der Waals surface area (Å²) >= 11 is 1.80. The highest BCUT2D eigenvalue weighted by atomic mass is 127. The van der Waals surface area contributed by atoms with Gasteiger partial charge in [-0.3, -0.25) is 4.99 Å². The smallest absolute Gasteiger partial charge is 0.191 e. The zero-order chi connectivity index (χ0) is 19.0. The van der Waals surface area contributed by atoms with Crippen molar-refractivity contribution in [2.24, 2.45) is 4.99 Å². The molecule has 1 aliphatic heterocycles. The highest BCUT2D eigenvalue weighted by molar-refractivity contribution is 14.0. The zero-order valence-corrected chi connectivity index (χ0v) is 19.9. The molecule has 0 spiro atoms. The average molecular weight is 514 g/mol. The van der Waals surface area contributed by atoms with Crippen molar-refractivity contribution in [3.8, 4) is 0 Å². The van der Waals surface area contributed by atoms with Crippen LogP contribution in [0.15, 0.2) is 41.5 Å². The minimum atomic E-state index is 0. The molecule has 0 saturated carbocycles. The van der Waals surface area contributed by atoms with Gasteiger partial charge in [0.2, 0.25) is 0 Å². The van der Waals surface area contributed by atoms with Gasteiger partial charge in [0, 0.05) is 56.3 Å². The number of aromatic nitrogens is 1. The number of aryl methyl sites for hydroxylation is 1. The van der Waals surface area contributed by atoms with Crippen molar-refractivity contribution in [3.63, 3.8) is 0 Å². The normalized spacial score (nSPS) is 16.3. The molecule has 7 heteroatoms. The van der Waals surface area contributed by atoms with Crippen LogP contribution in [0.5, 0.6) is 0 Å². The van der Waals surface area contributed by atoms with Crippen LogP contribution in [0.25, 0.3) is 0 Å². The first-order chi connectivity index (χ1) is 13.3. The molecule has 1 saturated heterocycles. The van der Waals surface area contributed by atoms with E-state index in [0.29, 0.717) is 0 Å². The second-order valence-corrected chi connectivity index (χ2v) is 8.13. The number of thiazole rings is 1. The maximum atomic E-state index is 5.63. The number of nitrogens with zero attached hydrogens (tertiary/aromatic N) is 2. The minimum Gasteiger partial charge on any atom is -0.381 e. The molecule has 2 heterocycles. The van der Waals surface area contributed by atoms with Gasteiger partial charge in [-0.2, -0.15) is 0 Å². The van der Waals surface area contributed by atoms with Gasteiger partial charge in [-0.05, 0) is 24.8 Å². The van der Waals surface area contributed by atoms with Gasteiger partial charge in [0.15, 0.2) is 5.96 Å². The predicted molar refractivity (Wildman–Crippen MR) is 128 cm³/mol. The van der Waals surface area contributed by atoms with Gasteiger partial charge >= 0.3 is 0 Å². The lowest BCUT2D eigenvalue weighted by Crippen LogP contribution is -2.48. The van der Waals surface area contributed by atoms with Gasteiger partial charge in [-0.25, -0.2) is 4.98 Å². The molecule has 2 aromatic rings. The van der Waals surface area contributed by atoms with E-state index in [2.05, 4.69) is 57.9 Å². The van der Waals surface area contributed by atoms with Crippen LogP contribution in [0.1, 0.15) is 35.2 Å². The molecule has 1 aromatic carbocycles.